The number of carbonyl (C=O) groups excluding carboxylic acids is 1. The van der Waals surface area contributed by atoms with E-state index in [2.05, 4.69) is 35.8 Å². The smallest absolute Gasteiger partial charge is 0.294 e. The van der Waals surface area contributed by atoms with E-state index in [1.807, 2.05) is 0 Å². The van der Waals surface area contributed by atoms with Gasteiger partial charge in [-0.1, -0.05) is 35.5 Å². The Hall–Kier alpha value is -4.48. The molecule has 156 valence electrons. The average Bonchev–Trinajstić information content (AvgIpc) is 3.40. The molecule has 0 aliphatic rings. The average molecular weight is 424 g/mol. The molecule has 0 bridgehead atoms. The van der Waals surface area contributed by atoms with E-state index in [0.717, 1.165) is 12.1 Å². The van der Waals surface area contributed by atoms with Crippen LogP contribution < -0.4 is 11.2 Å². The minimum absolute atomic E-state index is 0.0405. The third kappa shape index (κ3) is 3.85. The van der Waals surface area contributed by atoms with Crippen LogP contribution in [0.2, 0.25) is 0 Å². The summed E-state index contributed by atoms with van der Waals surface area (Å²) in [5.74, 6) is -2.67. The Morgan fingerprint density at radius 2 is 1.90 bits per heavy atom. The molecule has 4 rings (SSSR count). The van der Waals surface area contributed by atoms with Crippen molar-refractivity contribution in [3.05, 3.63) is 71.4 Å². The van der Waals surface area contributed by atoms with Crippen LogP contribution in [0.1, 0.15) is 23.0 Å². The minimum atomic E-state index is -1.02. The monoisotopic (exact) mass is 424 g/mol. The molecule has 0 fully saturated rings. The first kappa shape index (κ1) is 19.8. The Labute approximate surface area is 173 Å². The molecule has 0 aliphatic heterocycles. The molecule has 2 heterocycles. The number of nitrogen functional groups attached to an aromatic ring is 1. The van der Waals surface area contributed by atoms with E-state index in [-0.39, 0.29) is 28.7 Å². The summed E-state index contributed by atoms with van der Waals surface area (Å²) in [4.78, 5) is 12.8. The number of nitrogens with zero attached hydrogens (tertiary/aromatic N) is 6. The molecule has 0 spiro atoms. The number of anilines is 1. The van der Waals surface area contributed by atoms with Gasteiger partial charge in [-0.25, -0.2) is 18.8 Å². The fourth-order valence-electron chi connectivity index (χ4n) is 2.75. The highest BCUT2D eigenvalue weighted by Gasteiger charge is 2.25. The highest BCUT2D eigenvalue weighted by atomic mass is 19.2. The maximum atomic E-state index is 13.4. The molecule has 0 saturated carbocycles. The second kappa shape index (κ2) is 8.10. The molecule has 12 heteroatoms. The van der Waals surface area contributed by atoms with Crippen molar-refractivity contribution in [2.75, 3.05) is 5.73 Å². The number of aromatic nitrogens is 5. The topological polar surface area (TPSA) is 137 Å². The SMILES string of the molecule is C/C(=N\NC(=O)c1nnn(-c2nonc2N)c1-c1ccccc1)c1ccc(F)c(F)c1. The number of hydrogen-bond donors (Lipinski definition) is 2. The van der Waals surface area contributed by atoms with E-state index >= 15 is 0 Å². The van der Waals surface area contributed by atoms with Gasteiger partial charge in [-0.15, -0.1) is 5.10 Å². The Morgan fingerprint density at radius 3 is 2.58 bits per heavy atom. The lowest BCUT2D eigenvalue weighted by Gasteiger charge is -2.06. The van der Waals surface area contributed by atoms with Crippen LogP contribution in [0.5, 0.6) is 0 Å². The van der Waals surface area contributed by atoms with Gasteiger partial charge >= 0.3 is 0 Å². The molecule has 0 unspecified atom stereocenters. The van der Waals surface area contributed by atoms with Gasteiger partial charge in [0.2, 0.25) is 11.6 Å². The first-order valence-corrected chi connectivity index (χ1v) is 8.85. The molecule has 0 saturated heterocycles. The summed E-state index contributed by atoms with van der Waals surface area (Å²) in [6.45, 7) is 1.53. The predicted octanol–water partition coefficient (Wildman–Crippen LogP) is 2.33. The van der Waals surface area contributed by atoms with E-state index < -0.39 is 17.5 Å². The molecule has 2 aromatic heterocycles. The number of nitrogens with two attached hydrogens (primary N) is 1. The molecular formula is C19H14F2N8O2. The summed E-state index contributed by atoms with van der Waals surface area (Å²) in [5, 5.41) is 19.0. The molecule has 0 radical (unpaired) electrons. The number of halogens is 2. The first-order chi connectivity index (χ1) is 15.0. The largest absolute Gasteiger partial charge is 0.378 e. The second-order valence-electron chi connectivity index (χ2n) is 6.30. The molecule has 31 heavy (non-hydrogen) atoms. The van der Waals surface area contributed by atoms with Crippen LogP contribution in [-0.4, -0.2) is 36.9 Å². The van der Waals surface area contributed by atoms with Gasteiger partial charge in [0.25, 0.3) is 5.91 Å². The Kier molecular flexibility index (Phi) is 5.18. The molecule has 0 atom stereocenters. The van der Waals surface area contributed by atoms with Crippen molar-refractivity contribution >= 4 is 17.4 Å². The summed E-state index contributed by atoms with van der Waals surface area (Å²) in [6, 6.07) is 12.1. The van der Waals surface area contributed by atoms with E-state index in [1.165, 1.54) is 17.7 Å². The molecular weight excluding hydrogens is 410 g/mol. The molecule has 1 amide bonds. The molecule has 4 aromatic rings. The van der Waals surface area contributed by atoms with Gasteiger partial charge in [0.05, 0.1) is 5.71 Å². The predicted molar refractivity (Wildman–Crippen MR) is 105 cm³/mol. The van der Waals surface area contributed by atoms with Gasteiger partial charge in [0, 0.05) is 11.1 Å². The number of nitrogens with one attached hydrogen (secondary N) is 1. The van der Waals surface area contributed by atoms with E-state index in [4.69, 9.17) is 5.73 Å². The number of hydrazone groups is 1. The van der Waals surface area contributed by atoms with Crippen molar-refractivity contribution in [1.29, 1.82) is 0 Å². The van der Waals surface area contributed by atoms with Crippen molar-refractivity contribution in [2.24, 2.45) is 5.10 Å². The lowest BCUT2D eigenvalue weighted by Crippen LogP contribution is -2.21. The number of hydrogen-bond acceptors (Lipinski definition) is 8. The first-order valence-electron chi connectivity index (χ1n) is 8.85. The lowest BCUT2D eigenvalue weighted by atomic mass is 10.1. The highest BCUT2D eigenvalue weighted by molar-refractivity contribution is 6.02. The summed E-state index contributed by atoms with van der Waals surface area (Å²) in [7, 11) is 0. The molecule has 10 nitrogen and oxygen atoms in total. The number of carbonyl (C=O) groups is 1. The van der Waals surface area contributed by atoms with Crippen LogP contribution in [-0.2, 0) is 0 Å². The zero-order valence-electron chi connectivity index (χ0n) is 16.0. The fraction of sp³-hybridized carbons (Fsp3) is 0.0526. The summed E-state index contributed by atoms with van der Waals surface area (Å²) < 4.78 is 32.4. The third-order valence-corrected chi connectivity index (χ3v) is 4.29. The van der Waals surface area contributed by atoms with Gasteiger partial charge in [-0.05, 0) is 35.4 Å². The highest BCUT2D eigenvalue weighted by Crippen LogP contribution is 2.26. The van der Waals surface area contributed by atoms with Crippen LogP contribution in [0, 0.1) is 11.6 Å². The van der Waals surface area contributed by atoms with E-state index in [1.54, 1.807) is 30.3 Å². The molecule has 0 aliphatic carbocycles. The van der Waals surface area contributed by atoms with Gasteiger partial charge in [0.1, 0.15) is 5.69 Å². The molecule has 2 aromatic carbocycles. The van der Waals surface area contributed by atoms with Gasteiger partial charge in [0.15, 0.2) is 17.3 Å². The fourth-order valence-corrected chi connectivity index (χ4v) is 2.75. The van der Waals surface area contributed by atoms with Crippen molar-refractivity contribution in [1.82, 2.24) is 30.7 Å². The Bertz CT molecular complexity index is 1280. The summed E-state index contributed by atoms with van der Waals surface area (Å²) in [5.41, 5.74) is 9.45. The summed E-state index contributed by atoms with van der Waals surface area (Å²) >= 11 is 0. The third-order valence-electron chi connectivity index (χ3n) is 4.29. The van der Waals surface area contributed by atoms with Crippen molar-refractivity contribution in [2.45, 2.75) is 6.92 Å². The van der Waals surface area contributed by atoms with Gasteiger partial charge < -0.3 is 5.73 Å². The summed E-state index contributed by atoms with van der Waals surface area (Å²) in [6.07, 6.45) is 0. The van der Waals surface area contributed by atoms with E-state index in [0.29, 0.717) is 11.1 Å². The lowest BCUT2D eigenvalue weighted by molar-refractivity contribution is 0.0950. The van der Waals surface area contributed by atoms with Crippen molar-refractivity contribution in [3.63, 3.8) is 0 Å². The Balaban J connectivity index is 1.69. The van der Waals surface area contributed by atoms with Crippen LogP contribution in [0.3, 0.4) is 0 Å². The van der Waals surface area contributed by atoms with Gasteiger partial charge in [-0.3, -0.25) is 4.79 Å². The number of rotatable bonds is 5. The maximum absolute atomic E-state index is 13.4. The maximum Gasteiger partial charge on any atom is 0.294 e. The van der Waals surface area contributed by atoms with Crippen molar-refractivity contribution in [3.8, 4) is 17.1 Å². The normalized spacial score (nSPS) is 11.5. The molecule has 3 N–H and O–H groups in total. The zero-order chi connectivity index (χ0) is 22.0. The van der Waals surface area contributed by atoms with Crippen LogP contribution in [0.4, 0.5) is 14.6 Å². The van der Waals surface area contributed by atoms with Crippen LogP contribution in [0.15, 0.2) is 58.3 Å². The quantitative estimate of drug-likeness (QED) is 0.370. The van der Waals surface area contributed by atoms with E-state index in [9.17, 15) is 13.6 Å². The number of amides is 1. The van der Waals surface area contributed by atoms with Crippen molar-refractivity contribution < 1.29 is 18.2 Å². The number of benzene rings is 2. The minimum Gasteiger partial charge on any atom is -0.378 e. The van der Waals surface area contributed by atoms with Crippen LogP contribution in [0.25, 0.3) is 17.1 Å². The standard InChI is InChI=1S/C19H14F2N8O2/c1-10(12-7-8-13(20)14(21)9-12)23-25-19(30)15-16(11-5-3-2-4-6-11)29(28-24-15)18-17(22)26-31-27-18/h2-9H,1H3,(H2,22,26)(H,25,30)/b23-10+. The zero-order valence-corrected chi connectivity index (χ0v) is 16.0. The second-order valence-corrected chi connectivity index (χ2v) is 6.30. The Morgan fingerprint density at radius 1 is 1.13 bits per heavy atom. The van der Waals surface area contributed by atoms with Crippen LogP contribution >= 0.6 is 0 Å². The van der Waals surface area contributed by atoms with Gasteiger partial charge in [-0.2, -0.15) is 9.78 Å².